The maximum absolute atomic E-state index is 12.0. The summed E-state index contributed by atoms with van der Waals surface area (Å²) in [6.07, 6.45) is -0.559. The summed E-state index contributed by atoms with van der Waals surface area (Å²) in [6.45, 7) is 1.07. The van der Waals surface area contributed by atoms with Crippen LogP contribution in [-0.4, -0.2) is 47.2 Å². The zero-order valence-corrected chi connectivity index (χ0v) is 20.9. The second-order valence-electron chi connectivity index (χ2n) is 8.04. The molecule has 0 N–H and O–H groups in total. The number of hydrogen-bond acceptors (Lipinski definition) is 7. The molecule has 0 aliphatic rings. The standard InChI is InChI=1S/C27H32O7S/c1-30-25-15-13-24(14-16-25)19-33-26(20-31-17-22-9-5-3-6-10-22)27(34-35(2,28)29)21-32-18-23-11-7-4-8-12-23/h3-16,26-27H,17-21H2,1-2H3/t26-,27-/m0/s1. The molecular formula is C27H32O7S. The molecular weight excluding hydrogens is 468 g/mol. The predicted octanol–water partition coefficient (Wildman–Crippen LogP) is 4.36. The number of hydrogen-bond donors (Lipinski definition) is 0. The SMILES string of the molecule is COc1ccc(CO[C@@H](COCc2ccccc2)[C@H](COCc2ccccc2)OS(C)(=O)=O)cc1. The lowest BCUT2D eigenvalue weighted by Gasteiger charge is -2.26. The molecule has 0 saturated heterocycles. The van der Waals surface area contributed by atoms with Crippen LogP contribution in [-0.2, 0) is 48.3 Å². The third kappa shape index (κ3) is 10.2. The second kappa shape index (κ2) is 14.0. The number of ether oxygens (including phenoxy) is 4. The minimum atomic E-state index is -3.76. The highest BCUT2D eigenvalue weighted by molar-refractivity contribution is 7.86. The summed E-state index contributed by atoms with van der Waals surface area (Å²) >= 11 is 0. The highest BCUT2D eigenvalue weighted by Crippen LogP contribution is 2.17. The molecule has 0 unspecified atom stereocenters. The van der Waals surface area contributed by atoms with Crippen molar-refractivity contribution in [2.24, 2.45) is 0 Å². The molecule has 0 spiro atoms. The predicted molar refractivity (Wildman–Crippen MR) is 133 cm³/mol. The average molecular weight is 501 g/mol. The Labute approximate surface area is 207 Å². The third-order valence-corrected chi connectivity index (χ3v) is 5.72. The largest absolute Gasteiger partial charge is 0.497 e. The van der Waals surface area contributed by atoms with Crippen LogP contribution in [0.1, 0.15) is 16.7 Å². The maximum Gasteiger partial charge on any atom is 0.264 e. The fraction of sp³-hybridized carbons (Fsp3) is 0.333. The van der Waals surface area contributed by atoms with E-state index >= 15 is 0 Å². The summed E-state index contributed by atoms with van der Waals surface area (Å²) in [6, 6.07) is 26.8. The molecule has 0 radical (unpaired) electrons. The first-order chi connectivity index (χ1) is 16.9. The van der Waals surface area contributed by atoms with Gasteiger partial charge in [0.2, 0.25) is 0 Å². The van der Waals surface area contributed by atoms with Crippen LogP contribution in [0.5, 0.6) is 5.75 Å². The molecule has 0 aromatic heterocycles. The molecule has 3 aromatic rings. The van der Waals surface area contributed by atoms with Crippen LogP contribution in [0.15, 0.2) is 84.9 Å². The van der Waals surface area contributed by atoms with Crippen LogP contribution in [0.4, 0.5) is 0 Å². The van der Waals surface area contributed by atoms with E-state index < -0.39 is 22.3 Å². The summed E-state index contributed by atoms with van der Waals surface area (Å²) in [5.74, 6) is 0.740. The van der Waals surface area contributed by atoms with Gasteiger partial charge in [0.05, 0.1) is 46.4 Å². The minimum Gasteiger partial charge on any atom is -0.497 e. The molecule has 188 valence electrons. The lowest BCUT2D eigenvalue weighted by molar-refractivity contribution is -0.101. The zero-order valence-electron chi connectivity index (χ0n) is 20.0. The van der Waals surface area contributed by atoms with Gasteiger partial charge in [-0.2, -0.15) is 8.42 Å². The van der Waals surface area contributed by atoms with Crippen molar-refractivity contribution in [1.29, 1.82) is 0 Å². The Kier molecular flexibility index (Phi) is 10.7. The van der Waals surface area contributed by atoms with Crippen LogP contribution >= 0.6 is 0 Å². The Morgan fingerprint density at radius 2 is 1.14 bits per heavy atom. The molecule has 0 saturated carbocycles. The van der Waals surface area contributed by atoms with Gasteiger partial charge in [-0.05, 0) is 28.8 Å². The lowest BCUT2D eigenvalue weighted by Crippen LogP contribution is -2.40. The van der Waals surface area contributed by atoms with Crippen LogP contribution < -0.4 is 4.74 Å². The van der Waals surface area contributed by atoms with Gasteiger partial charge in [-0.15, -0.1) is 0 Å². The molecule has 0 bridgehead atoms. The fourth-order valence-corrected chi connectivity index (χ4v) is 3.97. The highest BCUT2D eigenvalue weighted by atomic mass is 32.2. The van der Waals surface area contributed by atoms with Gasteiger partial charge in [0.1, 0.15) is 18.0 Å². The Balaban J connectivity index is 1.68. The number of benzene rings is 3. The van der Waals surface area contributed by atoms with E-state index in [-0.39, 0.29) is 19.8 Å². The van der Waals surface area contributed by atoms with Gasteiger partial charge < -0.3 is 18.9 Å². The molecule has 7 nitrogen and oxygen atoms in total. The van der Waals surface area contributed by atoms with Crippen molar-refractivity contribution in [3.8, 4) is 5.75 Å². The number of methoxy groups -OCH3 is 1. The van der Waals surface area contributed by atoms with Gasteiger partial charge in [-0.3, -0.25) is 4.18 Å². The Hall–Kier alpha value is -2.75. The first-order valence-electron chi connectivity index (χ1n) is 11.3. The molecule has 0 aliphatic carbocycles. The second-order valence-corrected chi connectivity index (χ2v) is 9.64. The average Bonchev–Trinajstić information content (AvgIpc) is 2.86. The van der Waals surface area contributed by atoms with Gasteiger partial charge in [-0.25, -0.2) is 0 Å². The van der Waals surface area contributed by atoms with E-state index in [1.54, 1.807) is 7.11 Å². The van der Waals surface area contributed by atoms with E-state index in [1.807, 2.05) is 84.9 Å². The fourth-order valence-electron chi connectivity index (χ4n) is 3.34. The Morgan fingerprint density at radius 1 is 0.657 bits per heavy atom. The zero-order chi connectivity index (χ0) is 24.9. The molecule has 0 heterocycles. The van der Waals surface area contributed by atoms with Gasteiger partial charge in [-0.1, -0.05) is 72.8 Å². The van der Waals surface area contributed by atoms with E-state index in [0.29, 0.717) is 13.2 Å². The summed E-state index contributed by atoms with van der Waals surface area (Å²) < 4.78 is 52.5. The third-order valence-electron chi connectivity index (χ3n) is 5.12. The van der Waals surface area contributed by atoms with Gasteiger partial charge in [0, 0.05) is 0 Å². The summed E-state index contributed by atoms with van der Waals surface area (Å²) in [7, 11) is -2.16. The molecule has 3 aromatic carbocycles. The van der Waals surface area contributed by atoms with E-state index in [9.17, 15) is 8.42 Å². The molecule has 0 amide bonds. The quantitative estimate of drug-likeness (QED) is 0.287. The smallest absolute Gasteiger partial charge is 0.264 e. The van der Waals surface area contributed by atoms with Crippen molar-refractivity contribution in [1.82, 2.24) is 0 Å². The first kappa shape index (κ1) is 26.8. The lowest BCUT2D eigenvalue weighted by atomic mass is 10.2. The number of rotatable bonds is 15. The maximum atomic E-state index is 12.0. The topological polar surface area (TPSA) is 80.3 Å². The summed E-state index contributed by atoms with van der Waals surface area (Å²) in [5.41, 5.74) is 2.88. The van der Waals surface area contributed by atoms with Crippen molar-refractivity contribution in [2.45, 2.75) is 32.0 Å². The van der Waals surface area contributed by atoms with Gasteiger partial charge in [0.25, 0.3) is 10.1 Å². The monoisotopic (exact) mass is 500 g/mol. The van der Waals surface area contributed by atoms with Crippen molar-refractivity contribution < 1.29 is 31.5 Å². The van der Waals surface area contributed by atoms with E-state index in [2.05, 4.69) is 0 Å². The normalized spacial score (nSPS) is 13.3. The summed E-state index contributed by atoms with van der Waals surface area (Å²) in [5, 5.41) is 0. The van der Waals surface area contributed by atoms with Crippen LogP contribution in [0.25, 0.3) is 0 Å². The van der Waals surface area contributed by atoms with Crippen LogP contribution in [0.3, 0.4) is 0 Å². The molecule has 0 fully saturated rings. The molecule has 0 aliphatic heterocycles. The summed E-state index contributed by atoms with van der Waals surface area (Å²) in [4.78, 5) is 0. The minimum absolute atomic E-state index is 0.0178. The first-order valence-corrected chi connectivity index (χ1v) is 13.1. The van der Waals surface area contributed by atoms with Crippen molar-refractivity contribution in [3.05, 3.63) is 102 Å². The van der Waals surface area contributed by atoms with Crippen molar-refractivity contribution in [2.75, 3.05) is 26.6 Å². The van der Waals surface area contributed by atoms with Gasteiger partial charge in [0.15, 0.2) is 0 Å². The van der Waals surface area contributed by atoms with E-state index in [4.69, 9.17) is 23.1 Å². The molecule has 35 heavy (non-hydrogen) atoms. The Morgan fingerprint density at radius 3 is 1.63 bits per heavy atom. The molecule has 2 atom stereocenters. The van der Waals surface area contributed by atoms with Crippen molar-refractivity contribution >= 4 is 10.1 Å². The molecule has 8 heteroatoms. The highest BCUT2D eigenvalue weighted by Gasteiger charge is 2.28. The molecule has 3 rings (SSSR count). The van der Waals surface area contributed by atoms with E-state index in [1.165, 1.54) is 0 Å². The van der Waals surface area contributed by atoms with Crippen molar-refractivity contribution in [3.63, 3.8) is 0 Å². The van der Waals surface area contributed by atoms with Crippen LogP contribution in [0.2, 0.25) is 0 Å². The van der Waals surface area contributed by atoms with Gasteiger partial charge >= 0.3 is 0 Å². The van der Waals surface area contributed by atoms with E-state index in [0.717, 1.165) is 28.7 Å². The van der Waals surface area contributed by atoms with Crippen LogP contribution in [0, 0.1) is 0 Å². The Bertz CT molecular complexity index is 1090.